The van der Waals surface area contributed by atoms with Crippen LogP contribution in [-0.2, 0) is 6.54 Å². The fourth-order valence-electron chi connectivity index (χ4n) is 1.83. The zero-order valence-corrected chi connectivity index (χ0v) is 10.8. The molecule has 0 aliphatic rings. The van der Waals surface area contributed by atoms with Gasteiger partial charge < -0.3 is 0 Å². The van der Waals surface area contributed by atoms with Gasteiger partial charge in [0.15, 0.2) is 0 Å². The molecular weight excluding hydrogens is 252 g/mol. The van der Waals surface area contributed by atoms with Crippen LogP contribution in [0.25, 0.3) is 0 Å². The highest BCUT2D eigenvalue weighted by atomic mass is 35.5. The molecule has 0 radical (unpaired) electrons. The number of aromatic nitrogens is 4. The van der Waals surface area contributed by atoms with Gasteiger partial charge in [0.25, 0.3) is 0 Å². The molecule has 0 bridgehead atoms. The number of hydrazine groups is 1. The first-order valence-corrected chi connectivity index (χ1v) is 6.09. The van der Waals surface area contributed by atoms with E-state index in [0.29, 0.717) is 5.02 Å². The second-order valence-electron chi connectivity index (χ2n) is 3.88. The average molecular weight is 267 g/mol. The molecule has 2 heterocycles. The van der Waals surface area contributed by atoms with Crippen molar-refractivity contribution in [3.63, 3.8) is 0 Å². The lowest BCUT2D eigenvalue weighted by Crippen LogP contribution is -2.31. The summed E-state index contributed by atoms with van der Waals surface area (Å²) in [5, 5.41) is 8.53. The molecule has 0 aliphatic carbocycles. The van der Waals surface area contributed by atoms with E-state index in [1.54, 1.807) is 18.6 Å². The molecule has 6 nitrogen and oxygen atoms in total. The molecule has 1 atom stereocenters. The van der Waals surface area contributed by atoms with Gasteiger partial charge in [-0.25, -0.2) is 10.1 Å². The Morgan fingerprint density at radius 1 is 1.50 bits per heavy atom. The monoisotopic (exact) mass is 266 g/mol. The van der Waals surface area contributed by atoms with E-state index in [9.17, 15) is 0 Å². The summed E-state index contributed by atoms with van der Waals surface area (Å²) in [7, 11) is 0. The molecule has 1 unspecified atom stereocenters. The van der Waals surface area contributed by atoms with Crippen molar-refractivity contribution >= 4 is 11.6 Å². The SMILES string of the molecule is CCCn1nncc1C(NN)c1ccncc1Cl. The molecule has 2 aromatic rings. The summed E-state index contributed by atoms with van der Waals surface area (Å²) >= 11 is 6.14. The molecule has 7 heteroatoms. The summed E-state index contributed by atoms with van der Waals surface area (Å²) in [5.41, 5.74) is 4.48. The van der Waals surface area contributed by atoms with Crippen molar-refractivity contribution < 1.29 is 0 Å². The molecule has 0 fully saturated rings. The Morgan fingerprint density at radius 3 is 3.00 bits per heavy atom. The van der Waals surface area contributed by atoms with Gasteiger partial charge in [-0.2, -0.15) is 0 Å². The van der Waals surface area contributed by atoms with E-state index in [1.807, 2.05) is 10.7 Å². The Labute approximate surface area is 110 Å². The fourth-order valence-corrected chi connectivity index (χ4v) is 2.06. The van der Waals surface area contributed by atoms with E-state index in [-0.39, 0.29) is 6.04 Å². The predicted molar refractivity (Wildman–Crippen MR) is 68.7 cm³/mol. The van der Waals surface area contributed by atoms with Crippen LogP contribution < -0.4 is 11.3 Å². The first kappa shape index (κ1) is 12.9. The van der Waals surface area contributed by atoms with Crippen LogP contribution in [0, 0.1) is 0 Å². The zero-order chi connectivity index (χ0) is 13.0. The van der Waals surface area contributed by atoms with Crippen molar-refractivity contribution in [1.82, 2.24) is 25.4 Å². The van der Waals surface area contributed by atoms with Crippen LogP contribution in [0.5, 0.6) is 0 Å². The maximum atomic E-state index is 6.14. The molecule has 96 valence electrons. The predicted octanol–water partition coefficient (Wildman–Crippen LogP) is 1.29. The van der Waals surface area contributed by atoms with Gasteiger partial charge in [-0.05, 0) is 18.1 Å². The van der Waals surface area contributed by atoms with E-state index in [2.05, 4.69) is 27.6 Å². The van der Waals surface area contributed by atoms with Gasteiger partial charge in [-0.3, -0.25) is 10.8 Å². The number of hydrogen-bond donors (Lipinski definition) is 2. The highest BCUT2D eigenvalue weighted by Gasteiger charge is 2.20. The second-order valence-corrected chi connectivity index (χ2v) is 4.29. The molecule has 3 N–H and O–H groups in total. The van der Waals surface area contributed by atoms with Gasteiger partial charge in [0, 0.05) is 18.9 Å². The number of halogens is 1. The van der Waals surface area contributed by atoms with Gasteiger partial charge in [0.05, 0.1) is 23.0 Å². The number of aryl methyl sites for hydroxylation is 1. The van der Waals surface area contributed by atoms with Crippen molar-refractivity contribution in [2.24, 2.45) is 5.84 Å². The minimum atomic E-state index is -0.248. The number of rotatable bonds is 5. The maximum absolute atomic E-state index is 6.14. The van der Waals surface area contributed by atoms with Crippen molar-refractivity contribution in [3.05, 3.63) is 40.9 Å². The number of nitrogens with two attached hydrogens (primary N) is 1. The summed E-state index contributed by atoms with van der Waals surface area (Å²) in [6.45, 7) is 2.87. The Hall–Kier alpha value is -1.50. The fraction of sp³-hybridized carbons (Fsp3) is 0.364. The van der Waals surface area contributed by atoms with Crippen molar-refractivity contribution in [2.45, 2.75) is 25.9 Å². The third-order valence-electron chi connectivity index (χ3n) is 2.66. The topological polar surface area (TPSA) is 81.7 Å². The van der Waals surface area contributed by atoms with Crippen molar-refractivity contribution in [3.8, 4) is 0 Å². The first-order chi connectivity index (χ1) is 8.77. The molecular formula is C11H15ClN6. The lowest BCUT2D eigenvalue weighted by Gasteiger charge is -2.18. The summed E-state index contributed by atoms with van der Waals surface area (Å²) in [6, 6.07) is 1.58. The van der Waals surface area contributed by atoms with Crippen LogP contribution in [0.2, 0.25) is 5.02 Å². The van der Waals surface area contributed by atoms with Gasteiger partial charge >= 0.3 is 0 Å². The summed E-state index contributed by atoms with van der Waals surface area (Å²) < 4.78 is 1.82. The van der Waals surface area contributed by atoms with Gasteiger partial charge in [0.1, 0.15) is 0 Å². The van der Waals surface area contributed by atoms with E-state index in [1.165, 1.54) is 0 Å². The van der Waals surface area contributed by atoms with Crippen LogP contribution in [0.3, 0.4) is 0 Å². The highest BCUT2D eigenvalue weighted by molar-refractivity contribution is 6.31. The standard InChI is InChI=1S/C11H15ClN6/c1-2-5-18-10(7-15-17-18)11(16-13)8-3-4-14-6-9(8)12/h3-4,6-7,11,16H,2,5,13H2,1H3. The normalized spacial score (nSPS) is 12.6. The summed E-state index contributed by atoms with van der Waals surface area (Å²) in [6.07, 6.45) is 5.93. The Kier molecular flexibility index (Phi) is 4.24. The van der Waals surface area contributed by atoms with Crippen LogP contribution >= 0.6 is 11.6 Å². The summed E-state index contributed by atoms with van der Waals surface area (Å²) in [4.78, 5) is 3.96. The minimum Gasteiger partial charge on any atom is -0.271 e. The van der Waals surface area contributed by atoms with E-state index in [4.69, 9.17) is 17.4 Å². The Morgan fingerprint density at radius 2 is 2.33 bits per heavy atom. The molecule has 0 saturated heterocycles. The molecule has 0 aliphatic heterocycles. The Bertz CT molecular complexity index is 512. The molecule has 0 saturated carbocycles. The van der Waals surface area contributed by atoms with E-state index in [0.717, 1.165) is 24.2 Å². The van der Waals surface area contributed by atoms with Crippen LogP contribution in [0.4, 0.5) is 0 Å². The second kappa shape index (κ2) is 5.90. The zero-order valence-electron chi connectivity index (χ0n) is 10.0. The number of nitrogens with one attached hydrogen (secondary N) is 1. The lowest BCUT2D eigenvalue weighted by atomic mass is 10.1. The third kappa shape index (κ3) is 2.50. The smallest absolute Gasteiger partial charge is 0.0910 e. The first-order valence-electron chi connectivity index (χ1n) is 5.71. The lowest BCUT2D eigenvalue weighted by molar-refractivity contribution is 0.512. The van der Waals surface area contributed by atoms with Crippen LogP contribution in [-0.4, -0.2) is 20.0 Å². The summed E-state index contributed by atoms with van der Waals surface area (Å²) in [5.74, 6) is 5.63. The molecule has 0 aromatic carbocycles. The van der Waals surface area contributed by atoms with E-state index < -0.39 is 0 Å². The maximum Gasteiger partial charge on any atom is 0.0910 e. The molecule has 18 heavy (non-hydrogen) atoms. The van der Waals surface area contributed by atoms with Crippen molar-refractivity contribution in [2.75, 3.05) is 0 Å². The molecule has 0 amide bonds. The van der Waals surface area contributed by atoms with Crippen molar-refractivity contribution in [1.29, 1.82) is 0 Å². The number of pyridine rings is 1. The minimum absolute atomic E-state index is 0.248. The highest BCUT2D eigenvalue weighted by Crippen LogP contribution is 2.26. The molecule has 0 spiro atoms. The quantitative estimate of drug-likeness (QED) is 0.630. The largest absolute Gasteiger partial charge is 0.271 e. The van der Waals surface area contributed by atoms with Gasteiger partial charge in [-0.1, -0.05) is 23.7 Å². The van der Waals surface area contributed by atoms with Crippen LogP contribution in [0.1, 0.15) is 30.6 Å². The third-order valence-corrected chi connectivity index (χ3v) is 2.98. The van der Waals surface area contributed by atoms with E-state index >= 15 is 0 Å². The Balaban J connectivity index is 2.39. The average Bonchev–Trinajstić information content (AvgIpc) is 2.82. The molecule has 2 rings (SSSR count). The number of hydrogen-bond acceptors (Lipinski definition) is 5. The van der Waals surface area contributed by atoms with Gasteiger partial charge in [0.2, 0.25) is 0 Å². The van der Waals surface area contributed by atoms with Gasteiger partial charge in [-0.15, -0.1) is 5.10 Å². The molecule has 2 aromatic heterocycles. The number of nitrogens with zero attached hydrogens (tertiary/aromatic N) is 4. The van der Waals surface area contributed by atoms with Crippen LogP contribution in [0.15, 0.2) is 24.7 Å².